The average Bonchev–Trinajstić information content (AvgIpc) is 2.39. The van der Waals surface area contributed by atoms with Crippen LogP contribution in [0.25, 0.3) is 0 Å². The molecule has 0 unspecified atom stereocenters. The Labute approximate surface area is 94.2 Å². The van der Waals surface area contributed by atoms with Crippen molar-refractivity contribution in [3.8, 4) is 0 Å². The van der Waals surface area contributed by atoms with E-state index < -0.39 is 11.9 Å². The van der Waals surface area contributed by atoms with Crippen LogP contribution in [0.3, 0.4) is 0 Å². The number of rotatable bonds is 2. The fraction of sp³-hybridized carbons (Fsp3) is 0.273. The number of esters is 2. The number of hydrogen-bond acceptors (Lipinski definition) is 5. The zero-order chi connectivity index (χ0) is 12.6. The lowest BCUT2D eigenvalue weighted by Crippen LogP contribution is -2.11. The maximum atomic E-state index is 11.2. The number of methoxy groups -OCH3 is 2. The van der Waals surface area contributed by atoms with E-state index in [2.05, 4.69) is 15.2 Å². The standard InChI is InChI=1S/C10H10O4.CH5N/c1-13-9(11)7-5-3-4-6-8(7)10(12)14-2;1-2/h3-6H,1-2H3;2H2,1H3. The van der Waals surface area contributed by atoms with Crippen LogP contribution in [-0.2, 0) is 9.47 Å². The molecule has 0 bridgehead atoms. The van der Waals surface area contributed by atoms with Crippen LogP contribution in [-0.4, -0.2) is 33.2 Å². The van der Waals surface area contributed by atoms with Crippen LogP contribution < -0.4 is 5.73 Å². The zero-order valence-corrected chi connectivity index (χ0v) is 9.52. The van der Waals surface area contributed by atoms with Gasteiger partial charge in [0, 0.05) is 0 Å². The van der Waals surface area contributed by atoms with Crippen LogP contribution in [0.2, 0.25) is 0 Å². The van der Waals surface area contributed by atoms with Gasteiger partial charge in [-0.05, 0) is 19.2 Å². The molecule has 0 heterocycles. The van der Waals surface area contributed by atoms with Crippen LogP contribution in [0.15, 0.2) is 24.3 Å². The summed E-state index contributed by atoms with van der Waals surface area (Å²) in [6.45, 7) is 0. The number of nitrogens with two attached hydrogens (primary N) is 1. The largest absolute Gasteiger partial charge is 0.465 e. The third kappa shape index (κ3) is 3.36. The molecular formula is C11H15NO4. The van der Waals surface area contributed by atoms with E-state index in [-0.39, 0.29) is 11.1 Å². The fourth-order valence-corrected chi connectivity index (χ4v) is 1.06. The summed E-state index contributed by atoms with van der Waals surface area (Å²) >= 11 is 0. The highest BCUT2D eigenvalue weighted by molar-refractivity contribution is 6.02. The number of hydrogen-bond donors (Lipinski definition) is 1. The molecule has 0 aliphatic rings. The van der Waals surface area contributed by atoms with Crippen molar-refractivity contribution in [2.24, 2.45) is 5.73 Å². The Hall–Kier alpha value is -1.88. The monoisotopic (exact) mass is 225 g/mol. The van der Waals surface area contributed by atoms with Gasteiger partial charge in [0.15, 0.2) is 0 Å². The SMILES string of the molecule is CN.COC(=O)c1ccccc1C(=O)OC. The van der Waals surface area contributed by atoms with Crippen molar-refractivity contribution in [2.45, 2.75) is 0 Å². The summed E-state index contributed by atoms with van der Waals surface area (Å²) in [6.07, 6.45) is 0. The van der Waals surface area contributed by atoms with Gasteiger partial charge in [-0.15, -0.1) is 0 Å². The van der Waals surface area contributed by atoms with Crippen molar-refractivity contribution >= 4 is 11.9 Å². The van der Waals surface area contributed by atoms with E-state index in [9.17, 15) is 9.59 Å². The molecule has 0 saturated heterocycles. The van der Waals surface area contributed by atoms with Gasteiger partial charge in [-0.25, -0.2) is 9.59 Å². The summed E-state index contributed by atoms with van der Waals surface area (Å²) in [4.78, 5) is 22.4. The summed E-state index contributed by atoms with van der Waals surface area (Å²) in [5.41, 5.74) is 4.92. The van der Waals surface area contributed by atoms with E-state index in [1.54, 1.807) is 12.1 Å². The first-order valence-electron chi connectivity index (χ1n) is 4.54. The lowest BCUT2D eigenvalue weighted by molar-refractivity contribution is 0.0555. The first kappa shape index (κ1) is 14.1. The molecule has 0 spiro atoms. The molecule has 2 N–H and O–H groups in total. The molecular weight excluding hydrogens is 210 g/mol. The summed E-state index contributed by atoms with van der Waals surface area (Å²) in [7, 11) is 4.02. The van der Waals surface area contributed by atoms with Crippen LogP contribution in [0.4, 0.5) is 0 Å². The predicted octanol–water partition coefficient (Wildman–Crippen LogP) is 0.835. The molecule has 0 fully saturated rings. The molecule has 0 aromatic heterocycles. The topological polar surface area (TPSA) is 78.6 Å². The third-order valence-corrected chi connectivity index (χ3v) is 1.74. The van der Waals surface area contributed by atoms with E-state index >= 15 is 0 Å². The van der Waals surface area contributed by atoms with E-state index in [1.165, 1.54) is 33.4 Å². The molecule has 0 atom stereocenters. The van der Waals surface area contributed by atoms with Gasteiger partial charge in [0.1, 0.15) is 0 Å². The van der Waals surface area contributed by atoms with Crippen molar-refractivity contribution in [2.75, 3.05) is 21.3 Å². The summed E-state index contributed by atoms with van der Waals surface area (Å²) < 4.78 is 9.05. The van der Waals surface area contributed by atoms with Crippen LogP contribution in [0.5, 0.6) is 0 Å². The Morgan fingerprint density at radius 2 is 1.25 bits per heavy atom. The van der Waals surface area contributed by atoms with Crippen molar-refractivity contribution < 1.29 is 19.1 Å². The number of carbonyl (C=O) groups excluding carboxylic acids is 2. The first-order chi connectivity index (χ1) is 7.70. The molecule has 16 heavy (non-hydrogen) atoms. The second-order valence-electron chi connectivity index (χ2n) is 2.53. The molecule has 1 rings (SSSR count). The number of ether oxygens (including phenoxy) is 2. The number of benzene rings is 1. The molecule has 0 aliphatic heterocycles. The Kier molecular flexibility index (Phi) is 6.55. The minimum atomic E-state index is -0.550. The minimum absolute atomic E-state index is 0.210. The lowest BCUT2D eigenvalue weighted by Gasteiger charge is -2.04. The average molecular weight is 225 g/mol. The molecule has 0 saturated carbocycles. The Bertz CT molecular complexity index is 328. The highest BCUT2D eigenvalue weighted by Crippen LogP contribution is 2.10. The number of carbonyl (C=O) groups is 2. The van der Waals surface area contributed by atoms with Gasteiger partial charge in [0.2, 0.25) is 0 Å². The molecule has 88 valence electrons. The van der Waals surface area contributed by atoms with E-state index in [1.807, 2.05) is 0 Å². The Morgan fingerprint density at radius 1 is 0.938 bits per heavy atom. The predicted molar refractivity (Wildman–Crippen MR) is 59.2 cm³/mol. The van der Waals surface area contributed by atoms with Crippen molar-refractivity contribution in [3.05, 3.63) is 35.4 Å². The highest BCUT2D eigenvalue weighted by Gasteiger charge is 2.16. The minimum Gasteiger partial charge on any atom is -0.465 e. The third-order valence-electron chi connectivity index (χ3n) is 1.74. The first-order valence-corrected chi connectivity index (χ1v) is 4.54. The van der Waals surface area contributed by atoms with E-state index in [4.69, 9.17) is 0 Å². The summed E-state index contributed by atoms with van der Waals surface area (Å²) in [5, 5.41) is 0. The Balaban J connectivity index is 0.00000106. The van der Waals surface area contributed by atoms with Gasteiger partial charge in [0.25, 0.3) is 0 Å². The van der Waals surface area contributed by atoms with Crippen molar-refractivity contribution in [3.63, 3.8) is 0 Å². The molecule has 0 aliphatic carbocycles. The van der Waals surface area contributed by atoms with Gasteiger partial charge in [-0.1, -0.05) is 12.1 Å². The summed E-state index contributed by atoms with van der Waals surface area (Å²) in [6, 6.07) is 6.33. The quantitative estimate of drug-likeness (QED) is 0.754. The fourth-order valence-electron chi connectivity index (χ4n) is 1.06. The zero-order valence-electron chi connectivity index (χ0n) is 9.52. The second-order valence-corrected chi connectivity index (χ2v) is 2.53. The maximum Gasteiger partial charge on any atom is 0.338 e. The van der Waals surface area contributed by atoms with E-state index in [0.29, 0.717) is 0 Å². The molecule has 1 aromatic rings. The van der Waals surface area contributed by atoms with Gasteiger partial charge in [-0.3, -0.25) is 0 Å². The van der Waals surface area contributed by atoms with Crippen molar-refractivity contribution in [1.82, 2.24) is 0 Å². The highest BCUT2D eigenvalue weighted by atomic mass is 16.5. The maximum absolute atomic E-state index is 11.2. The normalized spacial score (nSPS) is 8.50. The molecule has 5 nitrogen and oxygen atoms in total. The molecule has 0 amide bonds. The summed E-state index contributed by atoms with van der Waals surface area (Å²) in [5.74, 6) is -1.10. The van der Waals surface area contributed by atoms with E-state index in [0.717, 1.165) is 0 Å². The second kappa shape index (κ2) is 7.42. The molecule has 0 radical (unpaired) electrons. The van der Waals surface area contributed by atoms with Crippen LogP contribution in [0.1, 0.15) is 20.7 Å². The van der Waals surface area contributed by atoms with Gasteiger partial charge < -0.3 is 15.2 Å². The molecule has 1 aromatic carbocycles. The lowest BCUT2D eigenvalue weighted by atomic mass is 10.1. The molecule has 5 heteroatoms. The van der Waals surface area contributed by atoms with Crippen LogP contribution >= 0.6 is 0 Å². The van der Waals surface area contributed by atoms with Crippen molar-refractivity contribution in [1.29, 1.82) is 0 Å². The Morgan fingerprint density at radius 3 is 1.50 bits per heavy atom. The smallest absolute Gasteiger partial charge is 0.338 e. The van der Waals surface area contributed by atoms with Gasteiger partial charge >= 0.3 is 11.9 Å². The van der Waals surface area contributed by atoms with Gasteiger partial charge in [-0.2, -0.15) is 0 Å². The van der Waals surface area contributed by atoms with Crippen LogP contribution in [0, 0.1) is 0 Å². The van der Waals surface area contributed by atoms with Gasteiger partial charge in [0.05, 0.1) is 25.3 Å².